The summed E-state index contributed by atoms with van der Waals surface area (Å²) in [5, 5.41) is 0. The van der Waals surface area contributed by atoms with E-state index in [9.17, 15) is 4.79 Å². The number of halogens is 1. The molecule has 1 rings (SSSR count). The lowest BCUT2D eigenvalue weighted by Gasteiger charge is -2.36. The van der Waals surface area contributed by atoms with E-state index in [1.54, 1.807) is 0 Å². The van der Waals surface area contributed by atoms with Crippen molar-refractivity contribution < 1.29 is 4.79 Å². The molecule has 0 unspecified atom stereocenters. The van der Waals surface area contributed by atoms with Crippen LogP contribution >= 0.6 is 15.9 Å². The van der Waals surface area contributed by atoms with Crippen LogP contribution in [0.3, 0.4) is 0 Å². The van der Waals surface area contributed by atoms with Crippen molar-refractivity contribution >= 4 is 21.8 Å². The molecule has 0 N–H and O–H groups in total. The number of carbonyl (C=O) groups is 1. The van der Waals surface area contributed by atoms with Gasteiger partial charge in [0.05, 0.1) is 4.32 Å². The van der Waals surface area contributed by atoms with Crippen LogP contribution in [0, 0.1) is 5.92 Å². The molecule has 0 aliphatic heterocycles. The van der Waals surface area contributed by atoms with Crippen molar-refractivity contribution in [2.75, 3.05) is 7.05 Å². The lowest BCUT2D eigenvalue weighted by molar-refractivity contribution is -0.134. The summed E-state index contributed by atoms with van der Waals surface area (Å²) in [5.74, 6) is 1.09. The first-order valence-corrected chi connectivity index (χ1v) is 7.11. The fourth-order valence-electron chi connectivity index (χ4n) is 2.53. The average Bonchev–Trinajstić information content (AvgIpc) is 2.26. The van der Waals surface area contributed by atoms with Crippen LogP contribution < -0.4 is 0 Å². The van der Waals surface area contributed by atoms with Gasteiger partial charge < -0.3 is 4.90 Å². The molecule has 2 nitrogen and oxygen atoms in total. The molecule has 16 heavy (non-hydrogen) atoms. The fourth-order valence-corrected chi connectivity index (χ4v) is 2.81. The molecule has 1 fully saturated rings. The number of amides is 1. The minimum absolute atomic E-state index is 0.201. The Kier molecular flexibility index (Phi) is 4.84. The van der Waals surface area contributed by atoms with Crippen molar-refractivity contribution in [1.29, 1.82) is 0 Å². The summed E-state index contributed by atoms with van der Waals surface area (Å²) in [6.07, 6.45) is 6.19. The van der Waals surface area contributed by atoms with Gasteiger partial charge in [0.25, 0.3) is 0 Å². The van der Waals surface area contributed by atoms with Crippen molar-refractivity contribution in [2.24, 2.45) is 5.92 Å². The van der Waals surface area contributed by atoms with Crippen LogP contribution in [0.1, 0.15) is 52.9 Å². The molecule has 0 saturated heterocycles. The fraction of sp³-hybridized carbons (Fsp3) is 0.923. The highest BCUT2D eigenvalue weighted by atomic mass is 79.9. The number of rotatable bonds is 3. The van der Waals surface area contributed by atoms with Gasteiger partial charge in [-0.25, -0.2) is 0 Å². The van der Waals surface area contributed by atoms with Gasteiger partial charge in [-0.05, 0) is 45.4 Å². The van der Waals surface area contributed by atoms with E-state index in [4.69, 9.17) is 0 Å². The van der Waals surface area contributed by atoms with E-state index < -0.39 is 4.32 Å². The van der Waals surface area contributed by atoms with Gasteiger partial charge in [0.15, 0.2) is 0 Å². The molecular weight excluding hydrogens is 266 g/mol. The maximum Gasteiger partial charge on any atom is 0.238 e. The molecule has 1 amide bonds. The Morgan fingerprint density at radius 3 is 2.19 bits per heavy atom. The summed E-state index contributed by atoms with van der Waals surface area (Å²) in [6.45, 7) is 6.11. The molecule has 0 bridgehead atoms. The van der Waals surface area contributed by atoms with Gasteiger partial charge in [0, 0.05) is 13.1 Å². The zero-order valence-electron chi connectivity index (χ0n) is 10.9. The van der Waals surface area contributed by atoms with Gasteiger partial charge in [-0.15, -0.1) is 0 Å². The molecule has 94 valence electrons. The predicted octanol–water partition coefficient (Wildman–Crippen LogP) is 3.59. The summed E-state index contributed by atoms with van der Waals surface area (Å²) < 4.78 is -0.427. The number of hydrogen-bond acceptors (Lipinski definition) is 1. The Morgan fingerprint density at radius 2 is 1.81 bits per heavy atom. The van der Waals surface area contributed by atoms with Gasteiger partial charge >= 0.3 is 0 Å². The number of carbonyl (C=O) groups excluding carboxylic acids is 1. The molecule has 3 heteroatoms. The lowest BCUT2D eigenvalue weighted by atomic mass is 9.84. The zero-order valence-corrected chi connectivity index (χ0v) is 12.5. The largest absolute Gasteiger partial charge is 0.342 e. The Hall–Kier alpha value is -0.0500. The minimum atomic E-state index is -0.427. The second kappa shape index (κ2) is 5.52. The maximum atomic E-state index is 12.1. The lowest BCUT2D eigenvalue weighted by Crippen LogP contribution is -2.46. The number of hydrogen-bond donors (Lipinski definition) is 0. The third-order valence-electron chi connectivity index (χ3n) is 3.77. The first-order valence-electron chi connectivity index (χ1n) is 6.32. The van der Waals surface area contributed by atoms with E-state index in [-0.39, 0.29) is 5.91 Å². The van der Waals surface area contributed by atoms with E-state index in [0.717, 1.165) is 5.92 Å². The van der Waals surface area contributed by atoms with Gasteiger partial charge in [-0.3, -0.25) is 4.79 Å². The third kappa shape index (κ3) is 3.47. The summed E-state index contributed by atoms with van der Waals surface area (Å²) in [4.78, 5) is 14.0. The maximum absolute atomic E-state index is 12.1. The van der Waals surface area contributed by atoms with Gasteiger partial charge in [0.1, 0.15) is 0 Å². The van der Waals surface area contributed by atoms with Crippen LogP contribution in [0.15, 0.2) is 0 Å². The molecule has 0 radical (unpaired) electrons. The highest BCUT2D eigenvalue weighted by Crippen LogP contribution is 2.30. The SMILES string of the molecule is CCC1CCC(N(C)C(=O)C(C)(C)Br)CC1. The summed E-state index contributed by atoms with van der Waals surface area (Å²) in [5.41, 5.74) is 0. The van der Waals surface area contributed by atoms with Gasteiger partial charge in [0.2, 0.25) is 5.91 Å². The zero-order chi connectivity index (χ0) is 12.3. The molecule has 0 spiro atoms. The number of alkyl halides is 1. The van der Waals surface area contributed by atoms with Crippen molar-refractivity contribution in [1.82, 2.24) is 4.90 Å². The van der Waals surface area contributed by atoms with E-state index in [0.29, 0.717) is 6.04 Å². The molecule has 0 heterocycles. The Labute approximate surface area is 108 Å². The Balaban J connectivity index is 2.50. The summed E-state index contributed by atoms with van der Waals surface area (Å²) in [7, 11) is 1.95. The van der Waals surface area contributed by atoms with E-state index in [1.165, 1.54) is 32.1 Å². The molecule has 1 aliphatic carbocycles. The third-order valence-corrected chi connectivity index (χ3v) is 4.11. The Bertz CT molecular complexity index is 239. The van der Waals surface area contributed by atoms with Crippen molar-refractivity contribution in [2.45, 2.75) is 63.2 Å². The van der Waals surface area contributed by atoms with Crippen LogP contribution in [-0.2, 0) is 4.79 Å². The summed E-state index contributed by atoms with van der Waals surface area (Å²) in [6, 6.07) is 0.451. The first-order chi connectivity index (χ1) is 7.36. The standard InChI is InChI=1S/C13H24BrNO/c1-5-10-6-8-11(9-7-10)15(4)12(16)13(2,3)14/h10-11H,5-9H2,1-4H3. The highest BCUT2D eigenvalue weighted by Gasteiger charge is 2.32. The summed E-state index contributed by atoms with van der Waals surface area (Å²) >= 11 is 3.45. The average molecular weight is 290 g/mol. The van der Waals surface area contributed by atoms with E-state index in [2.05, 4.69) is 22.9 Å². The Morgan fingerprint density at radius 1 is 1.31 bits per heavy atom. The van der Waals surface area contributed by atoms with Crippen LogP contribution in [0.25, 0.3) is 0 Å². The van der Waals surface area contributed by atoms with Crippen LogP contribution in [0.4, 0.5) is 0 Å². The van der Waals surface area contributed by atoms with Crippen molar-refractivity contribution in [3.63, 3.8) is 0 Å². The van der Waals surface area contributed by atoms with Crippen LogP contribution in [-0.4, -0.2) is 28.2 Å². The molecule has 0 atom stereocenters. The highest BCUT2D eigenvalue weighted by molar-refractivity contribution is 9.10. The van der Waals surface area contributed by atoms with Crippen LogP contribution in [0.2, 0.25) is 0 Å². The van der Waals surface area contributed by atoms with E-state index in [1.807, 2.05) is 25.8 Å². The second-order valence-corrected chi connectivity index (χ2v) is 7.45. The number of nitrogens with zero attached hydrogens (tertiary/aromatic N) is 1. The normalized spacial score (nSPS) is 26.6. The molecule has 0 aromatic rings. The molecule has 0 aromatic carbocycles. The van der Waals surface area contributed by atoms with Crippen molar-refractivity contribution in [3.8, 4) is 0 Å². The first kappa shape index (κ1) is 14.0. The smallest absolute Gasteiger partial charge is 0.238 e. The van der Waals surface area contributed by atoms with E-state index >= 15 is 0 Å². The van der Waals surface area contributed by atoms with Crippen LogP contribution in [0.5, 0.6) is 0 Å². The molecule has 1 aliphatic rings. The molecular formula is C13H24BrNO. The monoisotopic (exact) mass is 289 g/mol. The molecule has 1 saturated carbocycles. The quantitative estimate of drug-likeness (QED) is 0.727. The second-order valence-electron chi connectivity index (χ2n) is 5.47. The van der Waals surface area contributed by atoms with Gasteiger partial charge in [-0.1, -0.05) is 29.3 Å². The minimum Gasteiger partial charge on any atom is -0.342 e. The van der Waals surface area contributed by atoms with Gasteiger partial charge in [-0.2, -0.15) is 0 Å². The van der Waals surface area contributed by atoms with Crippen molar-refractivity contribution in [3.05, 3.63) is 0 Å². The topological polar surface area (TPSA) is 20.3 Å². The predicted molar refractivity (Wildman–Crippen MR) is 71.8 cm³/mol. The molecule has 0 aromatic heterocycles.